The topological polar surface area (TPSA) is 38.9 Å². The highest BCUT2D eigenvalue weighted by atomic mass is 79.9. The van der Waals surface area contributed by atoms with Gasteiger partial charge in [-0.2, -0.15) is 0 Å². The lowest BCUT2D eigenvalue weighted by Gasteiger charge is -1.89. The Morgan fingerprint density at radius 3 is 2.64 bits per heavy atom. The molecule has 0 aliphatic rings. The Bertz CT molecular complexity index is 320. The van der Waals surface area contributed by atoms with Crippen molar-refractivity contribution in [2.45, 2.75) is 6.42 Å². The van der Waals surface area contributed by atoms with Crippen LogP contribution in [0.25, 0.3) is 0 Å². The van der Waals surface area contributed by atoms with Crippen molar-refractivity contribution in [2.75, 3.05) is 6.54 Å². The smallest absolute Gasteiger partial charge is 0.0439 e. The summed E-state index contributed by atoms with van der Waals surface area (Å²) in [7, 11) is 0. The largest absolute Gasteiger partial charge is 0.330 e. The first-order chi connectivity index (χ1) is 5.83. The van der Waals surface area contributed by atoms with Crippen molar-refractivity contribution in [1.29, 1.82) is 0 Å². The summed E-state index contributed by atoms with van der Waals surface area (Å²) in [5.41, 5.74) is 6.21. The third kappa shape index (κ3) is 6.22. The van der Waals surface area contributed by atoms with Crippen LogP contribution in [0.15, 0.2) is 22.9 Å². The van der Waals surface area contributed by atoms with Gasteiger partial charge in [0.15, 0.2) is 0 Å². The van der Waals surface area contributed by atoms with E-state index in [1.165, 1.54) is 0 Å². The maximum Gasteiger partial charge on any atom is 0.0439 e. The highest BCUT2D eigenvalue weighted by Crippen LogP contribution is 2.08. The third-order valence-electron chi connectivity index (χ3n) is 1.21. The predicted molar refractivity (Wildman–Crippen MR) is 67.0 cm³/mol. The van der Waals surface area contributed by atoms with Crippen molar-refractivity contribution in [3.8, 4) is 11.8 Å². The number of pyridine rings is 1. The van der Waals surface area contributed by atoms with Crippen LogP contribution in [0.2, 0.25) is 0 Å². The average Bonchev–Trinajstić information content (AvgIpc) is 2.05. The van der Waals surface area contributed by atoms with E-state index < -0.39 is 0 Å². The number of aromatic nitrogens is 1. The van der Waals surface area contributed by atoms with Gasteiger partial charge in [0, 0.05) is 35.4 Å². The van der Waals surface area contributed by atoms with Gasteiger partial charge < -0.3 is 5.73 Å². The maximum absolute atomic E-state index is 5.30. The Kier molecular flexibility index (Phi) is 10.7. The molecule has 0 aliphatic carbocycles. The molecule has 0 amide bonds. The van der Waals surface area contributed by atoms with E-state index in [4.69, 9.17) is 5.73 Å². The van der Waals surface area contributed by atoms with Crippen LogP contribution in [-0.2, 0) is 0 Å². The fourth-order valence-electron chi connectivity index (χ4n) is 0.717. The molecule has 14 heavy (non-hydrogen) atoms. The molecule has 0 bridgehead atoms. The molecule has 0 spiro atoms. The van der Waals surface area contributed by atoms with Crippen molar-refractivity contribution in [2.24, 2.45) is 5.73 Å². The van der Waals surface area contributed by atoms with Gasteiger partial charge in [0.2, 0.25) is 0 Å². The van der Waals surface area contributed by atoms with Crippen molar-refractivity contribution in [3.63, 3.8) is 0 Å². The van der Waals surface area contributed by atoms with Crippen molar-refractivity contribution in [1.82, 2.24) is 4.98 Å². The lowest BCUT2D eigenvalue weighted by molar-refractivity contribution is 1.03. The fraction of sp³-hybridized carbons (Fsp3) is 0.222. The van der Waals surface area contributed by atoms with Gasteiger partial charge in [-0.3, -0.25) is 4.98 Å². The summed E-state index contributed by atoms with van der Waals surface area (Å²) >= 11 is 3.32. The molecule has 0 radical (unpaired) electrons. The number of halogens is 3. The number of nitrogens with two attached hydrogens (primary N) is 1. The van der Waals surface area contributed by atoms with E-state index in [0.29, 0.717) is 6.54 Å². The first-order valence-electron chi connectivity index (χ1n) is 3.62. The van der Waals surface area contributed by atoms with Gasteiger partial charge in [-0.25, -0.2) is 0 Å². The second kappa shape index (κ2) is 9.29. The van der Waals surface area contributed by atoms with Gasteiger partial charge in [-0.1, -0.05) is 11.8 Å². The van der Waals surface area contributed by atoms with E-state index in [-0.39, 0.29) is 24.8 Å². The SMILES string of the molecule is Cl.Cl.NCCC#Cc1cncc(Br)c1. The summed E-state index contributed by atoms with van der Waals surface area (Å²) in [6.07, 6.45) is 4.19. The Labute approximate surface area is 105 Å². The molecule has 1 rings (SSSR count). The summed E-state index contributed by atoms with van der Waals surface area (Å²) in [4.78, 5) is 3.98. The molecule has 1 aromatic heterocycles. The normalized spacial score (nSPS) is 7.57. The lowest BCUT2D eigenvalue weighted by Crippen LogP contribution is -1.95. The van der Waals surface area contributed by atoms with E-state index >= 15 is 0 Å². The molecule has 0 aliphatic heterocycles. The van der Waals surface area contributed by atoms with Crippen LogP contribution in [0, 0.1) is 11.8 Å². The molecule has 5 heteroatoms. The average molecular weight is 298 g/mol. The number of nitrogens with zero attached hydrogens (tertiary/aromatic N) is 1. The predicted octanol–water partition coefficient (Wildman–Crippen LogP) is 2.39. The van der Waals surface area contributed by atoms with Gasteiger partial charge in [0.25, 0.3) is 0 Å². The molecule has 0 aromatic carbocycles. The van der Waals surface area contributed by atoms with Gasteiger partial charge in [0.05, 0.1) is 0 Å². The molecule has 78 valence electrons. The fourth-order valence-corrected chi connectivity index (χ4v) is 1.08. The third-order valence-corrected chi connectivity index (χ3v) is 1.64. The van der Waals surface area contributed by atoms with Crippen LogP contribution in [-0.4, -0.2) is 11.5 Å². The molecular formula is C9H11BrCl2N2. The number of hydrogen-bond acceptors (Lipinski definition) is 2. The van der Waals surface area contributed by atoms with Crippen LogP contribution in [0.1, 0.15) is 12.0 Å². The number of rotatable bonds is 1. The van der Waals surface area contributed by atoms with Crippen LogP contribution >= 0.6 is 40.7 Å². The molecule has 0 atom stereocenters. The molecule has 0 saturated heterocycles. The van der Waals surface area contributed by atoms with Gasteiger partial charge in [0.1, 0.15) is 0 Å². The maximum atomic E-state index is 5.30. The summed E-state index contributed by atoms with van der Waals surface area (Å²) in [5, 5.41) is 0. The molecule has 2 N–H and O–H groups in total. The van der Waals surface area contributed by atoms with E-state index in [1.54, 1.807) is 12.4 Å². The molecule has 1 aromatic rings. The molecule has 0 fully saturated rings. The lowest BCUT2D eigenvalue weighted by atomic mass is 10.3. The Morgan fingerprint density at radius 2 is 2.07 bits per heavy atom. The summed E-state index contributed by atoms with van der Waals surface area (Å²) in [5.74, 6) is 5.91. The Hall–Kier alpha value is -0.270. The van der Waals surface area contributed by atoms with Crippen molar-refractivity contribution >= 4 is 40.7 Å². The molecule has 1 heterocycles. The molecule has 2 nitrogen and oxygen atoms in total. The van der Waals surface area contributed by atoms with Crippen molar-refractivity contribution < 1.29 is 0 Å². The highest BCUT2D eigenvalue weighted by Gasteiger charge is 1.88. The minimum atomic E-state index is 0. The quantitative estimate of drug-likeness (QED) is 0.809. The summed E-state index contributed by atoms with van der Waals surface area (Å²) in [6, 6.07) is 1.93. The second-order valence-electron chi connectivity index (χ2n) is 2.23. The van der Waals surface area contributed by atoms with Crippen LogP contribution in [0.3, 0.4) is 0 Å². The monoisotopic (exact) mass is 296 g/mol. The van der Waals surface area contributed by atoms with E-state index in [9.17, 15) is 0 Å². The highest BCUT2D eigenvalue weighted by molar-refractivity contribution is 9.10. The first kappa shape index (κ1) is 16.2. The van der Waals surface area contributed by atoms with Gasteiger partial charge >= 0.3 is 0 Å². The zero-order chi connectivity index (χ0) is 8.81. The van der Waals surface area contributed by atoms with E-state index in [0.717, 1.165) is 16.5 Å². The van der Waals surface area contributed by atoms with E-state index in [2.05, 4.69) is 32.8 Å². The van der Waals surface area contributed by atoms with Crippen LogP contribution in [0.5, 0.6) is 0 Å². The molecule has 0 saturated carbocycles. The Morgan fingerprint density at radius 1 is 1.36 bits per heavy atom. The van der Waals surface area contributed by atoms with Gasteiger partial charge in [-0.15, -0.1) is 24.8 Å². The minimum Gasteiger partial charge on any atom is -0.330 e. The van der Waals surface area contributed by atoms with Crippen LogP contribution in [0.4, 0.5) is 0 Å². The number of hydrogen-bond donors (Lipinski definition) is 1. The minimum absolute atomic E-state index is 0. The van der Waals surface area contributed by atoms with Crippen molar-refractivity contribution in [3.05, 3.63) is 28.5 Å². The van der Waals surface area contributed by atoms with Gasteiger partial charge in [-0.05, 0) is 22.0 Å². The first-order valence-corrected chi connectivity index (χ1v) is 4.41. The second-order valence-corrected chi connectivity index (χ2v) is 3.15. The van der Waals surface area contributed by atoms with Crippen LogP contribution < -0.4 is 5.73 Å². The molecular weight excluding hydrogens is 287 g/mol. The molecule has 0 unspecified atom stereocenters. The zero-order valence-electron chi connectivity index (χ0n) is 7.37. The zero-order valence-corrected chi connectivity index (χ0v) is 10.6. The summed E-state index contributed by atoms with van der Waals surface area (Å²) in [6.45, 7) is 0.606. The van der Waals surface area contributed by atoms with E-state index in [1.807, 2.05) is 6.07 Å². The standard InChI is InChI=1S/C9H9BrN2.2ClH/c10-9-5-8(6-12-7-9)3-1-2-4-11;;/h5-7H,2,4,11H2;2*1H. The Balaban J connectivity index is 0. The summed E-state index contributed by atoms with van der Waals surface area (Å²) < 4.78 is 0.946.